The predicted molar refractivity (Wildman–Crippen MR) is 59.3 cm³/mol. The third-order valence-electron chi connectivity index (χ3n) is 1.51. The van der Waals surface area contributed by atoms with Crippen molar-refractivity contribution in [2.75, 3.05) is 0 Å². The van der Waals surface area contributed by atoms with Gasteiger partial charge in [0.25, 0.3) is 5.56 Å². The van der Waals surface area contributed by atoms with Crippen LogP contribution >= 0.6 is 22.6 Å². The molecule has 13 heavy (non-hydrogen) atoms. The van der Waals surface area contributed by atoms with E-state index in [1.165, 1.54) is 0 Å². The summed E-state index contributed by atoms with van der Waals surface area (Å²) in [6.07, 6.45) is 3.80. The Hall–Kier alpha value is -0.830. The molecule has 0 radical (unpaired) electrons. The minimum atomic E-state index is 0.00787. The number of aryl methyl sites for hydroxylation is 1. The van der Waals surface area contributed by atoms with E-state index in [1.54, 1.807) is 24.0 Å². The molecular formula is C9H9IN2O. The van der Waals surface area contributed by atoms with Gasteiger partial charge < -0.3 is 0 Å². The maximum Gasteiger partial charge on any atom is 0.266 e. The van der Waals surface area contributed by atoms with Crippen LogP contribution in [0, 0.1) is 15.4 Å². The zero-order valence-electron chi connectivity index (χ0n) is 7.25. The van der Waals surface area contributed by atoms with E-state index in [-0.39, 0.29) is 5.56 Å². The summed E-state index contributed by atoms with van der Waals surface area (Å²) in [5, 5.41) is 0. The molecule has 0 atom stereocenters. The van der Waals surface area contributed by atoms with Crippen LogP contribution in [0.25, 0.3) is 0 Å². The quantitative estimate of drug-likeness (QED) is 0.606. The molecule has 0 spiro atoms. The van der Waals surface area contributed by atoms with Gasteiger partial charge in [-0.05, 0) is 29.5 Å². The van der Waals surface area contributed by atoms with Gasteiger partial charge in [0.15, 0.2) is 0 Å². The highest BCUT2D eigenvalue weighted by Gasteiger charge is 1.98. The maximum atomic E-state index is 11.4. The van der Waals surface area contributed by atoms with Crippen LogP contribution in [0.1, 0.15) is 13.3 Å². The molecule has 1 heterocycles. The van der Waals surface area contributed by atoms with Gasteiger partial charge in [-0.25, -0.2) is 4.98 Å². The van der Waals surface area contributed by atoms with Crippen molar-refractivity contribution in [2.24, 2.45) is 0 Å². The highest BCUT2D eigenvalue weighted by Crippen LogP contribution is 1.93. The fourth-order valence-electron chi connectivity index (χ4n) is 0.885. The molecule has 0 aromatic carbocycles. The van der Waals surface area contributed by atoms with E-state index in [4.69, 9.17) is 0 Å². The monoisotopic (exact) mass is 288 g/mol. The standard InChI is InChI=1S/C9H9IN2O/c1-2-3-4-5-12-7-11-6-8(10)9(12)13/h6-7H,4-5H2,1H3. The van der Waals surface area contributed by atoms with Crippen LogP contribution in [0.15, 0.2) is 17.3 Å². The highest BCUT2D eigenvalue weighted by atomic mass is 127. The maximum absolute atomic E-state index is 11.4. The summed E-state index contributed by atoms with van der Waals surface area (Å²) < 4.78 is 2.22. The van der Waals surface area contributed by atoms with E-state index < -0.39 is 0 Å². The minimum absolute atomic E-state index is 0.00787. The van der Waals surface area contributed by atoms with Gasteiger partial charge in [0, 0.05) is 19.2 Å². The SMILES string of the molecule is CC#CCCn1cncc(I)c1=O. The van der Waals surface area contributed by atoms with Crippen LogP contribution in [0.5, 0.6) is 0 Å². The molecule has 0 saturated carbocycles. The van der Waals surface area contributed by atoms with E-state index in [0.717, 1.165) is 0 Å². The van der Waals surface area contributed by atoms with E-state index in [9.17, 15) is 4.79 Å². The zero-order valence-corrected chi connectivity index (χ0v) is 9.41. The van der Waals surface area contributed by atoms with Crippen LogP contribution in [0.4, 0.5) is 0 Å². The first-order valence-electron chi connectivity index (χ1n) is 3.85. The Bertz CT molecular complexity index is 400. The normalized spacial score (nSPS) is 9.08. The van der Waals surface area contributed by atoms with Gasteiger partial charge in [-0.3, -0.25) is 9.36 Å². The second-order valence-corrected chi connectivity index (χ2v) is 3.58. The molecule has 0 N–H and O–H groups in total. The molecule has 0 bridgehead atoms. The fraction of sp³-hybridized carbons (Fsp3) is 0.333. The van der Waals surface area contributed by atoms with E-state index >= 15 is 0 Å². The number of hydrogen-bond donors (Lipinski definition) is 0. The van der Waals surface area contributed by atoms with Crippen molar-refractivity contribution in [3.63, 3.8) is 0 Å². The smallest absolute Gasteiger partial charge is 0.266 e. The van der Waals surface area contributed by atoms with Crippen LogP contribution in [0.3, 0.4) is 0 Å². The summed E-state index contributed by atoms with van der Waals surface area (Å²) in [4.78, 5) is 15.4. The van der Waals surface area contributed by atoms with Gasteiger partial charge in [0.05, 0.1) is 9.90 Å². The molecule has 1 aromatic rings. The highest BCUT2D eigenvalue weighted by molar-refractivity contribution is 14.1. The van der Waals surface area contributed by atoms with Crippen molar-refractivity contribution in [3.05, 3.63) is 26.4 Å². The molecule has 0 aliphatic carbocycles. The van der Waals surface area contributed by atoms with Crippen molar-refractivity contribution in [1.82, 2.24) is 9.55 Å². The molecule has 3 nitrogen and oxygen atoms in total. The Morgan fingerprint density at radius 3 is 3.15 bits per heavy atom. The second-order valence-electron chi connectivity index (χ2n) is 2.42. The lowest BCUT2D eigenvalue weighted by Gasteiger charge is -2.00. The molecule has 68 valence electrons. The number of aromatic nitrogens is 2. The van der Waals surface area contributed by atoms with Crippen molar-refractivity contribution in [2.45, 2.75) is 19.9 Å². The zero-order chi connectivity index (χ0) is 9.68. The summed E-state index contributed by atoms with van der Waals surface area (Å²) >= 11 is 1.98. The Morgan fingerprint density at radius 2 is 2.46 bits per heavy atom. The largest absolute Gasteiger partial charge is 0.297 e. The number of rotatable bonds is 2. The average molecular weight is 288 g/mol. The third kappa shape index (κ3) is 2.84. The molecular weight excluding hydrogens is 279 g/mol. The first-order chi connectivity index (χ1) is 6.25. The van der Waals surface area contributed by atoms with Crippen LogP contribution in [0.2, 0.25) is 0 Å². The average Bonchev–Trinajstić information content (AvgIpc) is 2.13. The van der Waals surface area contributed by atoms with Crippen molar-refractivity contribution >= 4 is 22.6 Å². The van der Waals surface area contributed by atoms with Crippen LogP contribution < -0.4 is 5.56 Å². The molecule has 1 aromatic heterocycles. The van der Waals surface area contributed by atoms with Gasteiger partial charge in [-0.2, -0.15) is 0 Å². The molecule has 0 aliphatic rings. The minimum Gasteiger partial charge on any atom is -0.297 e. The van der Waals surface area contributed by atoms with Crippen LogP contribution in [-0.4, -0.2) is 9.55 Å². The Kier molecular flexibility index (Phi) is 3.96. The van der Waals surface area contributed by atoms with Crippen LogP contribution in [-0.2, 0) is 6.54 Å². The molecule has 0 saturated heterocycles. The van der Waals surface area contributed by atoms with E-state index in [2.05, 4.69) is 16.8 Å². The van der Waals surface area contributed by atoms with E-state index in [0.29, 0.717) is 16.5 Å². The topological polar surface area (TPSA) is 34.9 Å². The van der Waals surface area contributed by atoms with Gasteiger partial charge in [0.2, 0.25) is 0 Å². The third-order valence-corrected chi connectivity index (χ3v) is 2.25. The molecule has 0 aliphatic heterocycles. The number of hydrogen-bond acceptors (Lipinski definition) is 2. The van der Waals surface area contributed by atoms with Crippen molar-refractivity contribution in [3.8, 4) is 11.8 Å². The summed E-state index contributed by atoms with van der Waals surface area (Å²) in [6, 6.07) is 0. The fourth-order valence-corrected chi connectivity index (χ4v) is 1.36. The van der Waals surface area contributed by atoms with Gasteiger partial charge in [0.1, 0.15) is 0 Å². The summed E-state index contributed by atoms with van der Waals surface area (Å²) in [7, 11) is 0. The van der Waals surface area contributed by atoms with Crippen molar-refractivity contribution < 1.29 is 0 Å². The Morgan fingerprint density at radius 1 is 1.69 bits per heavy atom. The Balaban J connectivity index is 2.81. The lowest BCUT2D eigenvalue weighted by Crippen LogP contribution is -2.22. The van der Waals surface area contributed by atoms with Gasteiger partial charge in [-0.1, -0.05) is 0 Å². The summed E-state index contributed by atoms with van der Waals surface area (Å²) in [6.45, 7) is 2.40. The summed E-state index contributed by atoms with van der Waals surface area (Å²) in [5.41, 5.74) is 0.00787. The second kappa shape index (κ2) is 5.02. The first kappa shape index (κ1) is 10.3. The molecule has 0 fully saturated rings. The van der Waals surface area contributed by atoms with Gasteiger partial charge in [-0.15, -0.1) is 11.8 Å². The lowest BCUT2D eigenvalue weighted by molar-refractivity contribution is 0.668. The first-order valence-corrected chi connectivity index (χ1v) is 4.93. The lowest BCUT2D eigenvalue weighted by atomic mass is 10.4. The van der Waals surface area contributed by atoms with E-state index in [1.807, 2.05) is 22.6 Å². The Labute approximate surface area is 90.3 Å². The predicted octanol–water partition coefficient (Wildman–Crippen LogP) is 1.26. The molecule has 4 heteroatoms. The molecule has 1 rings (SSSR count). The number of halogens is 1. The molecule has 0 amide bonds. The van der Waals surface area contributed by atoms with Gasteiger partial charge >= 0.3 is 0 Å². The number of nitrogens with zero attached hydrogens (tertiary/aromatic N) is 2. The molecule has 0 unspecified atom stereocenters. The summed E-state index contributed by atoms with van der Waals surface area (Å²) in [5.74, 6) is 5.69. The van der Waals surface area contributed by atoms with Crippen molar-refractivity contribution in [1.29, 1.82) is 0 Å².